The van der Waals surface area contributed by atoms with Crippen molar-refractivity contribution in [2.45, 2.75) is 81.2 Å². The minimum atomic E-state index is 0.247. The van der Waals surface area contributed by atoms with Crippen molar-refractivity contribution in [1.29, 1.82) is 5.26 Å². The molecule has 0 spiro atoms. The van der Waals surface area contributed by atoms with Crippen molar-refractivity contribution in [3.05, 3.63) is 35.4 Å². The lowest BCUT2D eigenvalue weighted by Gasteiger charge is -2.38. The molecule has 1 heterocycles. The molecule has 0 N–H and O–H groups in total. The molecule has 0 atom stereocenters. The summed E-state index contributed by atoms with van der Waals surface area (Å²) in [6.07, 6.45) is 2.99. The predicted molar refractivity (Wildman–Crippen MR) is 108 cm³/mol. The van der Waals surface area contributed by atoms with Crippen molar-refractivity contribution < 1.29 is 0 Å². The van der Waals surface area contributed by atoms with Crippen LogP contribution in [0, 0.1) is 23.7 Å². The normalized spacial score (nSPS) is 15.3. The van der Waals surface area contributed by atoms with E-state index < -0.39 is 0 Å². The monoisotopic (exact) mass is 332 g/mol. The van der Waals surface area contributed by atoms with Gasteiger partial charge in [0.15, 0.2) is 0 Å². The maximum absolute atomic E-state index is 8.86. The summed E-state index contributed by atoms with van der Waals surface area (Å²) >= 11 is 0. The Morgan fingerprint density at radius 1 is 1.00 bits per heavy atom. The fraction of sp³-hybridized carbons (Fsp3) is 0.682. The van der Waals surface area contributed by atoms with Crippen LogP contribution in [-0.4, -0.2) is 18.0 Å². The maximum Gasteiger partial charge on any atom is 0.0627 e. The Kier molecular flexibility index (Phi) is 15.8. The lowest BCUT2D eigenvalue weighted by atomic mass is 9.78. The smallest absolute Gasteiger partial charge is 0.0627 e. The zero-order valence-electron chi connectivity index (χ0n) is 17.4. The Labute approximate surface area is 151 Å². The first kappa shape index (κ1) is 24.9. The van der Waals surface area contributed by atoms with E-state index in [1.807, 2.05) is 41.5 Å². The maximum atomic E-state index is 8.86. The van der Waals surface area contributed by atoms with Crippen molar-refractivity contribution in [3.63, 3.8) is 0 Å². The van der Waals surface area contributed by atoms with Gasteiger partial charge in [-0.1, -0.05) is 72.7 Å². The summed E-state index contributed by atoms with van der Waals surface area (Å²) in [4.78, 5) is 2.52. The van der Waals surface area contributed by atoms with Crippen LogP contribution in [0.25, 0.3) is 0 Å². The van der Waals surface area contributed by atoms with Crippen molar-refractivity contribution in [3.8, 4) is 6.07 Å². The van der Waals surface area contributed by atoms with Gasteiger partial charge in [0.25, 0.3) is 0 Å². The summed E-state index contributed by atoms with van der Waals surface area (Å²) in [7, 11) is 0. The van der Waals surface area contributed by atoms with Crippen LogP contribution in [0.2, 0.25) is 0 Å². The van der Waals surface area contributed by atoms with E-state index in [-0.39, 0.29) is 5.41 Å². The number of rotatable bonds is 3. The van der Waals surface area contributed by atoms with Crippen molar-refractivity contribution >= 4 is 0 Å². The topological polar surface area (TPSA) is 27.0 Å². The molecule has 1 aromatic rings. The van der Waals surface area contributed by atoms with Crippen molar-refractivity contribution in [1.82, 2.24) is 4.90 Å². The van der Waals surface area contributed by atoms with E-state index in [1.165, 1.54) is 11.1 Å². The Bertz CT molecular complexity index is 438. The van der Waals surface area contributed by atoms with E-state index in [0.29, 0.717) is 6.42 Å². The molecule has 0 aliphatic carbocycles. The zero-order valence-corrected chi connectivity index (χ0v) is 17.4. The molecule has 138 valence electrons. The molecule has 1 saturated heterocycles. The molecular formula is C22H40N2. The molecule has 2 nitrogen and oxygen atoms in total. The number of benzene rings is 1. The van der Waals surface area contributed by atoms with Gasteiger partial charge in [-0.25, -0.2) is 0 Å². The standard InChI is InChI=1S/C16H22N2.3C2H6/c1-14-5-3-4-6-15(14)13-18-11-8-16(2,7-10-17)9-12-18;3*1-2/h3-6H,7-9,11-13H2,1-2H3;3*1-2H3. The zero-order chi connectivity index (χ0) is 19.0. The minimum Gasteiger partial charge on any atom is -0.299 e. The minimum absolute atomic E-state index is 0.247. The van der Waals surface area contributed by atoms with Crippen LogP contribution in [0.5, 0.6) is 0 Å². The molecule has 24 heavy (non-hydrogen) atoms. The SMILES string of the molecule is CC.CC.CC.Cc1ccccc1CN1CCC(C)(CC#N)CC1. The number of piperidine rings is 1. The van der Waals surface area contributed by atoms with E-state index in [0.717, 1.165) is 32.5 Å². The summed E-state index contributed by atoms with van der Waals surface area (Å²) in [6.45, 7) is 19.7. The van der Waals surface area contributed by atoms with Crippen LogP contribution in [-0.2, 0) is 6.54 Å². The van der Waals surface area contributed by atoms with Gasteiger partial charge in [-0.05, 0) is 49.4 Å². The molecule has 0 amide bonds. The predicted octanol–water partition coefficient (Wildman–Crippen LogP) is 6.59. The number of likely N-dealkylation sites (tertiary alicyclic amines) is 1. The van der Waals surface area contributed by atoms with E-state index in [4.69, 9.17) is 5.26 Å². The fourth-order valence-corrected chi connectivity index (χ4v) is 2.65. The largest absolute Gasteiger partial charge is 0.299 e. The van der Waals surface area contributed by atoms with E-state index >= 15 is 0 Å². The van der Waals surface area contributed by atoms with Gasteiger partial charge in [0, 0.05) is 13.0 Å². The number of hydrogen-bond donors (Lipinski definition) is 0. The van der Waals surface area contributed by atoms with Crippen LogP contribution >= 0.6 is 0 Å². The van der Waals surface area contributed by atoms with E-state index in [1.54, 1.807) is 0 Å². The van der Waals surface area contributed by atoms with Crippen molar-refractivity contribution in [2.75, 3.05) is 13.1 Å². The molecule has 1 aromatic carbocycles. The van der Waals surface area contributed by atoms with Gasteiger partial charge in [0.2, 0.25) is 0 Å². The molecule has 0 saturated carbocycles. The Morgan fingerprint density at radius 2 is 1.50 bits per heavy atom. The highest BCUT2D eigenvalue weighted by atomic mass is 15.1. The highest BCUT2D eigenvalue weighted by Gasteiger charge is 2.29. The highest BCUT2D eigenvalue weighted by molar-refractivity contribution is 5.25. The van der Waals surface area contributed by atoms with E-state index in [9.17, 15) is 0 Å². The number of nitriles is 1. The fourth-order valence-electron chi connectivity index (χ4n) is 2.65. The summed E-state index contributed by atoms with van der Waals surface area (Å²) in [5.74, 6) is 0. The molecule has 0 radical (unpaired) electrons. The second-order valence-electron chi connectivity index (χ2n) is 5.85. The Morgan fingerprint density at radius 3 is 1.96 bits per heavy atom. The summed E-state index contributed by atoms with van der Waals surface area (Å²) in [5.41, 5.74) is 3.06. The van der Waals surface area contributed by atoms with Crippen LogP contribution in [0.15, 0.2) is 24.3 Å². The number of nitrogens with zero attached hydrogens (tertiary/aromatic N) is 2. The third-order valence-electron chi connectivity index (χ3n) is 4.22. The quantitative estimate of drug-likeness (QED) is 0.624. The molecule has 0 bridgehead atoms. The first-order chi connectivity index (χ1) is 11.6. The average molecular weight is 333 g/mol. The molecule has 2 heteroatoms. The van der Waals surface area contributed by atoms with Crippen LogP contribution in [0.4, 0.5) is 0 Å². The molecule has 1 aliphatic rings. The molecule has 1 fully saturated rings. The van der Waals surface area contributed by atoms with Gasteiger partial charge in [-0.3, -0.25) is 4.90 Å². The van der Waals surface area contributed by atoms with Gasteiger partial charge >= 0.3 is 0 Å². The Hall–Kier alpha value is -1.33. The lowest BCUT2D eigenvalue weighted by Crippen LogP contribution is -2.38. The van der Waals surface area contributed by atoms with Crippen LogP contribution in [0.1, 0.15) is 78.9 Å². The molecule has 1 aliphatic heterocycles. The second-order valence-corrected chi connectivity index (χ2v) is 5.85. The summed E-state index contributed by atoms with van der Waals surface area (Å²) in [5, 5.41) is 8.86. The lowest BCUT2D eigenvalue weighted by molar-refractivity contribution is 0.116. The molecule has 0 aromatic heterocycles. The summed E-state index contributed by atoms with van der Waals surface area (Å²) < 4.78 is 0. The van der Waals surface area contributed by atoms with Gasteiger partial charge < -0.3 is 0 Å². The first-order valence-corrected chi connectivity index (χ1v) is 9.77. The van der Waals surface area contributed by atoms with Crippen LogP contribution < -0.4 is 0 Å². The average Bonchev–Trinajstić information content (AvgIpc) is 2.64. The number of hydrogen-bond acceptors (Lipinski definition) is 2. The third kappa shape index (κ3) is 9.08. The van der Waals surface area contributed by atoms with E-state index in [2.05, 4.69) is 49.1 Å². The first-order valence-electron chi connectivity index (χ1n) is 9.77. The van der Waals surface area contributed by atoms with Gasteiger partial charge in [-0.2, -0.15) is 5.26 Å². The van der Waals surface area contributed by atoms with Gasteiger partial charge in [0.1, 0.15) is 0 Å². The van der Waals surface area contributed by atoms with Crippen LogP contribution in [0.3, 0.4) is 0 Å². The summed E-state index contributed by atoms with van der Waals surface area (Å²) in [6, 6.07) is 10.9. The van der Waals surface area contributed by atoms with Gasteiger partial charge in [-0.15, -0.1) is 0 Å². The molecular weight excluding hydrogens is 292 g/mol. The van der Waals surface area contributed by atoms with Gasteiger partial charge in [0.05, 0.1) is 6.07 Å². The molecule has 0 unspecified atom stereocenters. The third-order valence-corrected chi connectivity index (χ3v) is 4.22. The highest BCUT2D eigenvalue weighted by Crippen LogP contribution is 2.34. The second kappa shape index (κ2) is 15.2. The number of aryl methyl sites for hydroxylation is 1. The Balaban J connectivity index is 0. The van der Waals surface area contributed by atoms with Crippen molar-refractivity contribution in [2.24, 2.45) is 5.41 Å². The molecule has 2 rings (SSSR count).